The van der Waals surface area contributed by atoms with Crippen LogP contribution in [0, 0.1) is 26.6 Å². The second-order valence-corrected chi connectivity index (χ2v) is 8.23. The van der Waals surface area contributed by atoms with E-state index in [1.165, 1.54) is 0 Å². The zero-order valence-electron chi connectivity index (χ0n) is 18.7. The van der Waals surface area contributed by atoms with Gasteiger partial charge in [0.15, 0.2) is 5.69 Å². The summed E-state index contributed by atoms with van der Waals surface area (Å²) in [7, 11) is 0. The van der Waals surface area contributed by atoms with E-state index in [9.17, 15) is 4.79 Å². The first-order valence-corrected chi connectivity index (χ1v) is 10.7. The van der Waals surface area contributed by atoms with E-state index in [2.05, 4.69) is 20.4 Å². The van der Waals surface area contributed by atoms with Crippen LogP contribution in [0.1, 0.15) is 40.1 Å². The molecule has 7 nitrogen and oxygen atoms in total. The highest BCUT2D eigenvalue weighted by Crippen LogP contribution is 2.33. The molecule has 3 heterocycles. The van der Waals surface area contributed by atoms with Gasteiger partial charge in [0.1, 0.15) is 11.6 Å². The Bertz CT molecular complexity index is 1120. The summed E-state index contributed by atoms with van der Waals surface area (Å²) >= 11 is 0. The number of benzene rings is 1. The van der Waals surface area contributed by atoms with Crippen molar-refractivity contribution in [2.75, 3.05) is 24.6 Å². The molecule has 1 atom stereocenters. The van der Waals surface area contributed by atoms with Crippen LogP contribution in [0.4, 0.5) is 10.1 Å². The van der Waals surface area contributed by atoms with Crippen LogP contribution >= 0.6 is 0 Å². The van der Waals surface area contributed by atoms with Gasteiger partial charge in [0, 0.05) is 48.3 Å². The van der Waals surface area contributed by atoms with Gasteiger partial charge in [0.05, 0.1) is 12.7 Å². The van der Waals surface area contributed by atoms with E-state index in [0.29, 0.717) is 36.6 Å². The van der Waals surface area contributed by atoms with Crippen molar-refractivity contribution in [2.24, 2.45) is 0 Å². The van der Waals surface area contributed by atoms with Crippen molar-refractivity contribution in [3.8, 4) is 11.1 Å². The zero-order valence-corrected chi connectivity index (χ0v) is 18.7. The summed E-state index contributed by atoms with van der Waals surface area (Å²) in [4.78, 5) is 19.0. The third-order valence-corrected chi connectivity index (χ3v) is 5.43. The molecule has 0 bridgehead atoms. The number of aromatic nitrogens is 2. The Hall–Kier alpha value is -3.26. The molecule has 8 heteroatoms. The third kappa shape index (κ3) is 4.80. The molecule has 1 N–H and O–H groups in total. The second kappa shape index (κ2) is 9.08. The number of hydrogen-bond donors (Lipinski definition) is 1. The van der Waals surface area contributed by atoms with Gasteiger partial charge in [-0.1, -0.05) is 5.16 Å². The SMILES string of the molecule is Cc1cc(-c2c(F)cc(N3CCOC(C)C3)cc2CNC(=O)c2cc(C)on2)cc(C)n1. The summed E-state index contributed by atoms with van der Waals surface area (Å²) in [6.07, 6.45) is 0.0653. The first-order valence-electron chi connectivity index (χ1n) is 10.7. The highest BCUT2D eigenvalue weighted by atomic mass is 19.1. The normalized spacial score (nSPS) is 16.3. The summed E-state index contributed by atoms with van der Waals surface area (Å²) in [6, 6.07) is 8.78. The lowest BCUT2D eigenvalue weighted by atomic mass is 9.97. The minimum atomic E-state index is -0.374. The van der Waals surface area contributed by atoms with Crippen molar-refractivity contribution in [3.63, 3.8) is 0 Å². The maximum absolute atomic E-state index is 15.5. The fourth-order valence-corrected chi connectivity index (χ4v) is 4.06. The van der Waals surface area contributed by atoms with E-state index >= 15 is 4.39 Å². The monoisotopic (exact) mass is 438 g/mol. The van der Waals surface area contributed by atoms with E-state index in [1.54, 1.807) is 19.1 Å². The largest absolute Gasteiger partial charge is 0.375 e. The van der Waals surface area contributed by atoms with Crippen molar-refractivity contribution in [2.45, 2.75) is 40.3 Å². The molecule has 0 saturated carbocycles. The molecule has 1 saturated heterocycles. The minimum absolute atomic E-state index is 0.0653. The Balaban J connectivity index is 1.71. The molecule has 32 heavy (non-hydrogen) atoms. The van der Waals surface area contributed by atoms with E-state index in [1.807, 2.05) is 39.0 Å². The molecule has 1 amide bonds. The predicted octanol–water partition coefficient (Wildman–Crippen LogP) is 3.96. The van der Waals surface area contributed by atoms with Crippen LogP contribution in [-0.2, 0) is 11.3 Å². The highest BCUT2D eigenvalue weighted by molar-refractivity contribution is 5.92. The van der Waals surface area contributed by atoms with Crippen LogP contribution in [0.3, 0.4) is 0 Å². The summed E-state index contributed by atoms with van der Waals surface area (Å²) in [6.45, 7) is 9.57. The number of carbonyl (C=O) groups is 1. The molecular weight excluding hydrogens is 411 g/mol. The molecule has 1 aromatic carbocycles. The number of rotatable bonds is 5. The van der Waals surface area contributed by atoms with Crippen molar-refractivity contribution < 1.29 is 18.4 Å². The van der Waals surface area contributed by atoms with Crippen LogP contribution < -0.4 is 10.2 Å². The number of pyridine rings is 1. The van der Waals surface area contributed by atoms with Crippen molar-refractivity contribution in [3.05, 3.63) is 64.6 Å². The molecule has 4 rings (SSSR count). The lowest BCUT2D eigenvalue weighted by Gasteiger charge is -2.33. The van der Waals surface area contributed by atoms with Gasteiger partial charge >= 0.3 is 0 Å². The number of amides is 1. The summed E-state index contributed by atoms with van der Waals surface area (Å²) < 4.78 is 26.2. The molecule has 2 aromatic heterocycles. The molecule has 1 aliphatic rings. The molecule has 1 unspecified atom stereocenters. The number of halogens is 1. The van der Waals surface area contributed by atoms with Gasteiger partial charge in [-0.05, 0) is 63.1 Å². The number of anilines is 1. The Morgan fingerprint density at radius 1 is 1.19 bits per heavy atom. The number of hydrogen-bond acceptors (Lipinski definition) is 6. The van der Waals surface area contributed by atoms with Gasteiger partial charge in [0.2, 0.25) is 0 Å². The van der Waals surface area contributed by atoms with E-state index in [-0.39, 0.29) is 30.1 Å². The highest BCUT2D eigenvalue weighted by Gasteiger charge is 2.22. The number of nitrogens with one attached hydrogen (secondary N) is 1. The van der Waals surface area contributed by atoms with E-state index in [4.69, 9.17) is 9.26 Å². The van der Waals surface area contributed by atoms with Gasteiger partial charge in [-0.25, -0.2) is 4.39 Å². The molecule has 0 spiro atoms. The van der Waals surface area contributed by atoms with Crippen molar-refractivity contribution in [1.29, 1.82) is 0 Å². The molecule has 3 aromatic rings. The number of morpholine rings is 1. The van der Waals surface area contributed by atoms with Crippen LogP contribution in [0.5, 0.6) is 0 Å². The maximum Gasteiger partial charge on any atom is 0.273 e. The van der Waals surface area contributed by atoms with Crippen LogP contribution in [0.2, 0.25) is 0 Å². The Labute approximate surface area is 186 Å². The van der Waals surface area contributed by atoms with E-state index < -0.39 is 0 Å². The van der Waals surface area contributed by atoms with Crippen LogP contribution in [-0.4, -0.2) is 41.8 Å². The number of carbonyl (C=O) groups excluding carboxylic acids is 1. The Morgan fingerprint density at radius 3 is 2.59 bits per heavy atom. The average Bonchev–Trinajstić information content (AvgIpc) is 3.17. The van der Waals surface area contributed by atoms with Gasteiger partial charge in [0.25, 0.3) is 5.91 Å². The van der Waals surface area contributed by atoms with Gasteiger partial charge < -0.3 is 19.5 Å². The average molecular weight is 439 g/mol. The van der Waals surface area contributed by atoms with Crippen molar-refractivity contribution in [1.82, 2.24) is 15.5 Å². The maximum atomic E-state index is 15.5. The van der Waals surface area contributed by atoms with E-state index in [0.717, 1.165) is 22.6 Å². The fraction of sp³-hybridized carbons (Fsp3) is 0.375. The lowest BCUT2D eigenvalue weighted by molar-refractivity contribution is 0.0532. The number of aryl methyl sites for hydroxylation is 3. The lowest BCUT2D eigenvalue weighted by Crippen LogP contribution is -2.41. The Kier molecular flexibility index (Phi) is 6.23. The molecule has 168 valence electrons. The first-order chi connectivity index (χ1) is 15.3. The van der Waals surface area contributed by atoms with Crippen LogP contribution in [0.25, 0.3) is 11.1 Å². The minimum Gasteiger partial charge on any atom is -0.375 e. The number of nitrogens with zero attached hydrogens (tertiary/aromatic N) is 3. The second-order valence-electron chi connectivity index (χ2n) is 8.23. The Morgan fingerprint density at radius 2 is 1.94 bits per heavy atom. The fourth-order valence-electron chi connectivity index (χ4n) is 4.06. The zero-order chi connectivity index (χ0) is 22.8. The molecule has 1 fully saturated rings. The first kappa shape index (κ1) is 22.0. The molecule has 0 radical (unpaired) electrons. The topological polar surface area (TPSA) is 80.5 Å². The molecule has 1 aliphatic heterocycles. The summed E-state index contributed by atoms with van der Waals surface area (Å²) in [5.74, 6) is -0.165. The quantitative estimate of drug-likeness (QED) is 0.650. The van der Waals surface area contributed by atoms with Gasteiger partial charge in [-0.15, -0.1) is 0 Å². The van der Waals surface area contributed by atoms with Gasteiger partial charge in [-0.2, -0.15) is 0 Å². The summed E-state index contributed by atoms with van der Waals surface area (Å²) in [5, 5.41) is 6.60. The van der Waals surface area contributed by atoms with Crippen LogP contribution in [0.15, 0.2) is 34.9 Å². The standard InChI is InChI=1S/C24H27FN4O3/c1-14-7-18(8-15(2)27-14)23-19(12-26-24(30)22-9-16(3)32-28-22)10-20(11-21(23)25)29-5-6-31-17(4)13-29/h7-11,17H,5-6,12-13H2,1-4H3,(H,26,30). The molecule has 0 aliphatic carbocycles. The smallest absolute Gasteiger partial charge is 0.273 e. The predicted molar refractivity (Wildman–Crippen MR) is 119 cm³/mol. The third-order valence-electron chi connectivity index (χ3n) is 5.43. The molecular formula is C24H27FN4O3. The van der Waals surface area contributed by atoms with Gasteiger partial charge in [-0.3, -0.25) is 9.78 Å². The van der Waals surface area contributed by atoms with Crippen molar-refractivity contribution >= 4 is 11.6 Å². The number of ether oxygens (including phenoxy) is 1. The summed E-state index contributed by atoms with van der Waals surface area (Å²) in [5.41, 5.74) is 4.44.